The quantitative estimate of drug-likeness (QED) is 0.111. The van der Waals surface area contributed by atoms with E-state index < -0.39 is 0 Å². The average Bonchev–Trinajstić information content (AvgIpc) is 3.60. The largest absolute Gasteiger partial charge is 0.310 e. The molecule has 0 aliphatic rings. The van der Waals surface area contributed by atoms with Crippen molar-refractivity contribution < 1.29 is 0 Å². The Bertz CT molecular complexity index is 2500. The van der Waals surface area contributed by atoms with Crippen LogP contribution >= 0.6 is 0 Å². The minimum Gasteiger partial charge on any atom is -0.310 e. The van der Waals surface area contributed by atoms with Crippen molar-refractivity contribution in [1.82, 2.24) is 9.13 Å². The maximum atomic E-state index is 6.13. The number of terminal acetylenes is 1. The standard InChI is InChI=1S/C53H58N2/c1-11-39(24-34(2)3)28-50-38(10)47-21-18-40(25-35(4)5)29-51(47)54(50)45-16-12-14-43(32-45)44-15-13-17-46(33-44)55-52-30-41(26-36(6)7)19-22-48(52)49-23-20-42(27-37(8)9)31-53(49)55/h1,12-23,28-37H,24-27H2,2-10H3. The van der Waals surface area contributed by atoms with Gasteiger partial charge < -0.3 is 9.13 Å². The topological polar surface area (TPSA) is 9.86 Å². The Labute approximate surface area is 329 Å². The third kappa shape index (κ3) is 7.95. The maximum absolute atomic E-state index is 6.13. The molecule has 0 atom stereocenters. The minimum absolute atomic E-state index is 0.479. The van der Waals surface area contributed by atoms with Crippen molar-refractivity contribution in [2.45, 2.75) is 88.0 Å². The maximum Gasteiger partial charge on any atom is 0.0543 e. The van der Waals surface area contributed by atoms with Gasteiger partial charge in [0.05, 0.1) is 22.2 Å². The molecule has 0 aliphatic carbocycles. The number of hydrogen-bond acceptors (Lipinski definition) is 0. The monoisotopic (exact) mass is 722 g/mol. The Morgan fingerprint density at radius 1 is 0.545 bits per heavy atom. The van der Waals surface area contributed by atoms with Gasteiger partial charge in [0.2, 0.25) is 0 Å². The van der Waals surface area contributed by atoms with E-state index in [0.29, 0.717) is 23.7 Å². The Balaban J connectivity index is 1.41. The highest BCUT2D eigenvalue weighted by molar-refractivity contribution is 6.09. The molecule has 7 rings (SSSR count). The van der Waals surface area contributed by atoms with Crippen molar-refractivity contribution in [3.8, 4) is 34.8 Å². The van der Waals surface area contributed by atoms with Crippen molar-refractivity contribution in [2.24, 2.45) is 23.7 Å². The predicted octanol–water partition coefficient (Wildman–Crippen LogP) is 14.4. The molecule has 0 saturated carbocycles. The van der Waals surface area contributed by atoms with Gasteiger partial charge in [0.15, 0.2) is 0 Å². The first-order valence-corrected chi connectivity index (χ1v) is 20.5. The van der Waals surface area contributed by atoms with Gasteiger partial charge in [0.25, 0.3) is 0 Å². The number of nitrogens with zero attached hydrogens (tertiary/aromatic N) is 2. The van der Waals surface area contributed by atoms with E-state index in [9.17, 15) is 0 Å². The van der Waals surface area contributed by atoms with E-state index in [4.69, 9.17) is 6.42 Å². The second kappa shape index (κ2) is 15.8. The van der Waals surface area contributed by atoms with Gasteiger partial charge in [-0.15, -0.1) is 6.42 Å². The predicted molar refractivity (Wildman–Crippen MR) is 240 cm³/mol. The lowest BCUT2D eigenvalue weighted by Crippen LogP contribution is -2.00. The SMILES string of the molecule is C#CC(=Cc1c(C)c2ccc(CC(C)C)cc2n1-c1cccc(-c2cccc(-n3c4cc(CC(C)C)ccc4c4ccc(CC(C)C)cc43)c2)c1)CC(C)C. The summed E-state index contributed by atoms with van der Waals surface area (Å²) in [5.74, 6) is 5.27. The molecule has 0 aliphatic heterocycles. The van der Waals surface area contributed by atoms with Gasteiger partial charge in [0, 0.05) is 33.1 Å². The molecule has 2 heterocycles. The van der Waals surface area contributed by atoms with Gasteiger partial charge in [-0.1, -0.05) is 122 Å². The zero-order valence-electron chi connectivity index (χ0n) is 34.5. The first-order chi connectivity index (χ1) is 26.4. The lowest BCUT2D eigenvalue weighted by Gasteiger charge is -2.15. The fourth-order valence-electron chi connectivity index (χ4n) is 8.56. The fourth-order valence-corrected chi connectivity index (χ4v) is 8.56. The summed E-state index contributed by atoms with van der Waals surface area (Å²) in [6, 6.07) is 39.4. The van der Waals surface area contributed by atoms with E-state index in [1.807, 2.05) is 0 Å². The first kappa shape index (κ1) is 38.0. The molecule has 0 N–H and O–H groups in total. The second-order valence-corrected chi connectivity index (χ2v) is 17.5. The van der Waals surface area contributed by atoms with Gasteiger partial charge in [-0.05, 0) is 138 Å². The van der Waals surface area contributed by atoms with Crippen molar-refractivity contribution in [3.63, 3.8) is 0 Å². The van der Waals surface area contributed by atoms with E-state index in [2.05, 4.69) is 187 Å². The van der Waals surface area contributed by atoms with Crippen LogP contribution in [0.3, 0.4) is 0 Å². The highest BCUT2D eigenvalue weighted by Crippen LogP contribution is 2.37. The average molecular weight is 723 g/mol. The number of fused-ring (bicyclic) bond motifs is 4. The van der Waals surface area contributed by atoms with E-state index in [1.165, 1.54) is 71.8 Å². The van der Waals surface area contributed by atoms with Crippen LogP contribution in [-0.2, 0) is 19.3 Å². The fraction of sp³-hybridized carbons (Fsp3) is 0.321. The molecule has 5 aromatic carbocycles. The Hall–Kier alpha value is -5.26. The molecule has 0 spiro atoms. The third-order valence-corrected chi connectivity index (χ3v) is 10.8. The van der Waals surface area contributed by atoms with Crippen LogP contribution in [0.15, 0.2) is 109 Å². The lowest BCUT2D eigenvalue weighted by molar-refractivity contribution is 0.647. The number of benzene rings is 5. The molecule has 2 heteroatoms. The number of aromatic nitrogens is 2. The molecule has 2 aromatic heterocycles. The second-order valence-electron chi connectivity index (χ2n) is 17.5. The third-order valence-electron chi connectivity index (χ3n) is 10.8. The van der Waals surface area contributed by atoms with E-state index in [1.54, 1.807) is 0 Å². The van der Waals surface area contributed by atoms with Crippen molar-refractivity contribution in [3.05, 3.63) is 137 Å². The minimum atomic E-state index is 0.479. The van der Waals surface area contributed by atoms with Crippen molar-refractivity contribution in [1.29, 1.82) is 0 Å². The van der Waals surface area contributed by atoms with Crippen molar-refractivity contribution in [2.75, 3.05) is 0 Å². The van der Waals surface area contributed by atoms with Crippen LogP contribution in [0, 0.1) is 42.9 Å². The smallest absolute Gasteiger partial charge is 0.0543 e. The van der Waals surface area contributed by atoms with Crippen LogP contribution in [0.2, 0.25) is 0 Å². The molecule has 2 nitrogen and oxygen atoms in total. The highest BCUT2D eigenvalue weighted by atomic mass is 15.0. The molecule has 0 fully saturated rings. The van der Waals surface area contributed by atoms with Crippen LogP contribution in [-0.4, -0.2) is 9.13 Å². The molecule has 7 aromatic rings. The molecule has 0 radical (unpaired) electrons. The Kier molecular flexibility index (Phi) is 11.0. The Morgan fingerprint density at radius 2 is 0.982 bits per heavy atom. The van der Waals surface area contributed by atoms with Crippen LogP contribution in [0.5, 0.6) is 0 Å². The molecule has 280 valence electrons. The molecule has 0 amide bonds. The van der Waals surface area contributed by atoms with Crippen molar-refractivity contribution >= 4 is 38.8 Å². The molecule has 0 unspecified atom stereocenters. The summed E-state index contributed by atoms with van der Waals surface area (Å²) in [6.45, 7) is 20.5. The molecule has 0 saturated heterocycles. The summed E-state index contributed by atoms with van der Waals surface area (Å²) in [4.78, 5) is 0. The summed E-state index contributed by atoms with van der Waals surface area (Å²) >= 11 is 0. The van der Waals surface area contributed by atoms with Crippen LogP contribution < -0.4 is 0 Å². The van der Waals surface area contributed by atoms with Gasteiger partial charge in [-0.2, -0.15) is 0 Å². The number of rotatable bonds is 12. The van der Waals surface area contributed by atoms with Gasteiger partial charge in [-0.3, -0.25) is 0 Å². The van der Waals surface area contributed by atoms with Gasteiger partial charge in [-0.25, -0.2) is 0 Å². The summed E-state index contributed by atoms with van der Waals surface area (Å²) in [5.41, 5.74) is 16.1. The zero-order valence-corrected chi connectivity index (χ0v) is 34.5. The molecule has 55 heavy (non-hydrogen) atoms. The summed E-state index contributed by atoms with van der Waals surface area (Å²) < 4.78 is 4.95. The summed E-state index contributed by atoms with van der Waals surface area (Å²) in [5, 5.41) is 3.89. The normalized spacial score (nSPS) is 12.4. The van der Waals surface area contributed by atoms with Crippen LogP contribution in [0.1, 0.15) is 89.8 Å². The zero-order chi connectivity index (χ0) is 39.0. The van der Waals surface area contributed by atoms with Gasteiger partial charge >= 0.3 is 0 Å². The van der Waals surface area contributed by atoms with E-state index in [-0.39, 0.29) is 0 Å². The summed E-state index contributed by atoms with van der Waals surface area (Å²) in [6.07, 6.45) is 12.4. The molecular weight excluding hydrogens is 665 g/mol. The lowest BCUT2D eigenvalue weighted by atomic mass is 10.00. The number of aryl methyl sites for hydroxylation is 1. The molecular formula is C53H58N2. The van der Waals surface area contributed by atoms with Gasteiger partial charge in [0.1, 0.15) is 0 Å². The highest BCUT2D eigenvalue weighted by Gasteiger charge is 2.18. The number of hydrogen-bond donors (Lipinski definition) is 0. The molecule has 0 bridgehead atoms. The Morgan fingerprint density at radius 3 is 1.42 bits per heavy atom. The van der Waals surface area contributed by atoms with E-state index in [0.717, 1.165) is 42.6 Å². The van der Waals surface area contributed by atoms with Crippen LogP contribution in [0.4, 0.5) is 0 Å². The summed E-state index contributed by atoms with van der Waals surface area (Å²) in [7, 11) is 0. The van der Waals surface area contributed by atoms with E-state index >= 15 is 0 Å². The number of allylic oxidation sites excluding steroid dienone is 1. The van der Waals surface area contributed by atoms with Crippen LogP contribution in [0.25, 0.3) is 61.3 Å². The first-order valence-electron chi connectivity index (χ1n) is 20.5.